The third kappa shape index (κ3) is 3.03. The van der Waals surface area contributed by atoms with E-state index in [1.54, 1.807) is 0 Å². The summed E-state index contributed by atoms with van der Waals surface area (Å²) in [6, 6.07) is 7.42. The number of benzene rings is 1. The molecule has 20 heavy (non-hydrogen) atoms. The molecule has 0 aliphatic carbocycles. The van der Waals surface area contributed by atoms with Gasteiger partial charge in [0.1, 0.15) is 0 Å². The Labute approximate surface area is 114 Å². The van der Waals surface area contributed by atoms with E-state index in [-0.39, 0.29) is 12.1 Å². The topological polar surface area (TPSA) is 92.2 Å². The quantitative estimate of drug-likeness (QED) is 0.850. The number of hydrogen-bond acceptors (Lipinski definition) is 3. The minimum absolute atomic E-state index is 0.0595. The second kappa shape index (κ2) is 5.56. The molecule has 1 heterocycles. The van der Waals surface area contributed by atoms with Crippen molar-refractivity contribution in [3.63, 3.8) is 0 Å². The molecule has 0 atom stereocenters. The van der Waals surface area contributed by atoms with E-state index in [1.165, 1.54) is 0 Å². The lowest BCUT2D eigenvalue weighted by Gasteiger charge is -2.06. The Balaban J connectivity index is 2.40. The number of aromatic amines is 1. The van der Waals surface area contributed by atoms with E-state index in [9.17, 15) is 14.4 Å². The lowest BCUT2D eigenvalue weighted by molar-refractivity contribution is -0.136. The second-order valence-electron chi connectivity index (χ2n) is 4.57. The minimum Gasteiger partial charge on any atom is -0.481 e. The van der Waals surface area contributed by atoms with Gasteiger partial charge in [0.25, 0.3) is 5.56 Å². The Morgan fingerprint density at radius 3 is 2.50 bits per heavy atom. The van der Waals surface area contributed by atoms with Gasteiger partial charge in [0.2, 0.25) is 0 Å². The van der Waals surface area contributed by atoms with Crippen molar-refractivity contribution in [1.29, 1.82) is 0 Å². The number of rotatable bonds is 4. The third-order valence-corrected chi connectivity index (χ3v) is 2.94. The average Bonchev–Trinajstić information content (AvgIpc) is 2.40. The van der Waals surface area contributed by atoms with Gasteiger partial charge < -0.3 is 10.1 Å². The van der Waals surface area contributed by atoms with E-state index in [0.717, 1.165) is 21.9 Å². The number of aromatic nitrogens is 2. The van der Waals surface area contributed by atoms with E-state index in [1.807, 2.05) is 31.2 Å². The van der Waals surface area contributed by atoms with Crippen LogP contribution >= 0.6 is 0 Å². The number of carboxylic acids is 1. The highest BCUT2D eigenvalue weighted by molar-refractivity contribution is 5.69. The van der Waals surface area contributed by atoms with Crippen LogP contribution in [0.2, 0.25) is 0 Å². The van der Waals surface area contributed by atoms with Crippen LogP contribution in [0, 0.1) is 6.92 Å². The number of aliphatic carboxylic acids is 1. The third-order valence-electron chi connectivity index (χ3n) is 2.94. The molecule has 104 valence electrons. The summed E-state index contributed by atoms with van der Waals surface area (Å²) in [5.74, 6) is -1.11. The van der Waals surface area contributed by atoms with Gasteiger partial charge in [-0.05, 0) is 12.5 Å². The van der Waals surface area contributed by atoms with Crippen LogP contribution in [0.3, 0.4) is 0 Å². The van der Waals surface area contributed by atoms with Crippen molar-refractivity contribution >= 4 is 5.97 Å². The molecular weight excluding hydrogens is 260 g/mol. The Morgan fingerprint density at radius 1 is 1.25 bits per heavy atom. The first-order chi connectivity index (χ1) is 9.47. The molecule has 0 spiro atoms. The molecule has 0 unspecified atom stereocenters. The summed E-state index contributed by atoms with van der Waals surface area (Å²) in [7, 11) is 0. The first-order valence-corrected chi connectivity index (χ1v) is 6.06. The predicted octanol–water partition coefficient (Wildman–Crippen LogP) is 0.520. The van der Waals surface area contributed by atoms with E-state index in [0.29, 0.717) is 0 Å². The molecule has 0 fully saturated rings. The van der Waals surface area contributed by atoms with Gasteiger partial charge in [-0.15, -0.1) is 0 Å². The van der Waals surface area contributed by atoms with Gasteiger partial charge in [0.05, 0.1) is 13.0 Å². The first kappa shape index (κ1) is 13.8. The zero-order valence-electron chi connectivity index (χ0n) is 10.9. The standard InChI is InChI=1S/C14H14N2O4/c1-9-2-4-10(5-3-9)8-16-13(19)11(6-12(17)18)7-15-14(16)20/h2-5,7H,6,8H2,1H3,(H,15,20)(H,17,18). The normalized spacial score (nSPS) is 10.4. The summed E-state index contributed by atoms with van der Waals surface area (Å²) in [6.07, 6.45) is 0.744. The molecule has 6 nitrogen and oxygen atoms in total. The lowest BCUT2D eigenvalue weighted by atomic mass is 10.1. The summed E-state index contributed by atoms with van der Waals surface area (Å²) in [6.45, 7) is 2.05. The number of H-pyrrole nitrogens is 1. The number of carbonyl (C=O) groups is 1. The SMILES string of the molecule is Cc1ccc(Cn2c(=O)[nH]cc(CC(=O)O)c2=O)cc1. The fraction of sp³-hybridized carbons (Fsp3) is 0.214. The number of aryl methyl sites for hydroxylation is 1. The van der Waals surface area contributed by atoms with Gasteiger partial charge >= 0.3 is 11.7 Å². The zero-order chi connectivity index (χ0) is 14.7. The van der Waals surface area contributed by atoms with E-state index in [2.05, 4.69) is 4.98 Å². The van der Waals surface area contributed by atoms with Crippen LogP contribution in [0.15, 0.2) is 40.1 Å². The van der Waals surface area contributed by atoms with Crippen molar-refractivity contribution in [2.75, 3.05) is 0 Å². The van der Waals surface area contributed by atoms with Gasteiger partial charge in [-0.2, -0.15) is 0 Å². The van der Waals surface area contributed by atoms with Crippen LogP contribution in [0.25, 0.3) is 0 Å². The molecule has 0 aliphatic rings. The highest BCUT2D eigenvalue weighted by atomic mass is 16.4. The molecule has 0 saturated carbocycles. The summed E-state index contributed by atoms with van der Waals surface area (Å²) >= 11 is 0. The molecule has 2 N–H and O–H groups in total. The Bertz CT molecular complexity index is 741. The molecule has 1 aromatic heterocycles. The molecular formula is C14H14N2O4. The fourth-order valence-electron chi connectivity index (χ4n) is 1.86. The average molecular weight is 274 g/mol. The molecule has 2 rings (SSSR count). The highest BCUT2D eigenvalue weighted by Gasteiger charge is 2.10. The van der Waals surface area contributed by atoms with Crippen LogP contribution in [-0.2, 0) is 17.8 Å². The molecule has 0 saturated heterocycles. The molecule has 6 heteroatoms. The van der Waals surface area contributed by atoms with E-state index >= 15 is 0 Å². The molecule has 0 aliphatic heterocycles. The van der Waals surface area contributed by atoms with Crippen molar-refractivity contribution < 1.29 is 9.90 Å². The Morgan fingerprint density at radius 2 is 1.90 bits per heavy atom. The van der Waals surface area contributed by atoms with Gasteiger partial charge in [-0.1, -0.05) is 29.8 Å². The van der Waals surface area contributed by atoms with Crippen LogP contribution in [-0.4, -0.2) is 20.6 Å². The predicted molar refractivity (Wildman–Crippen MR) is 72.9 cm³/mol. The molecule has 0 amide bonds. The van der Waals surface area contributed by atoms with Crippen LogP contribution in [0.4, 0.5) is 0 Å². The monoisotopic (exact) mass is 274 g/mol. The highest BCUT2D eigenvalue weighted by Crippen LogP contribution is 2.03. The summed E-state index contributed by atoms with van der Waals surface area (Å²) in [4.78, 5) is 36.8. The molecule has 2 aromatic rings. The van der Waals surface area contributed by atoms with Gasteiger partial charge in [0, 0.05) is 11.8 Å². The van der Waals surface area contributed by atoms with Crippen LogP contribution in [0.1, 0.15) is 16.7 Å². The maximum atomic E-state index is 12.1. The maximum absolute atomic E-state index is 12.1. The molecule has 0 bridgehead atoms. The molecule has 1 aromatic carbocycles. The number of hydrogen-bond donors (Lipinski definition) is 2. The maximum Gasteiger partial charge on any atom is 0.328 e. The number of nitrogens with one attached hydrogen (secondary N) is 1. The van der Waals surface area contributed by atoms with Crippen molar-refractivity contribution in [2.45, 2.75) is 19.9 Å². The van der Waals surface area contributed by atoms with Crippen molar-refractivity contribution in [2.24, 2.45) is 0 Å². The summed E-state index contributed by atoms with van der Waals surface area (Å²) < 4.78 is 1.00. The van der Waals surface area contributed by atoms with E-state index in [4.69, 9.17) is 5.11 Å². The van der Waals surface area contributed by atoms with Gasteiger partial charge in [0.15, 0.2) is 0 Å². The largest absolute Gasteiger partial charge is 0.481 e. The van der Waals surface area contributed by atoms with Gasteiger partial charge in [-0.25, -0.2) is 4.79 Å². The van der Waals surface area contributed by atoms with E-state index < -0.39 is 23.6 Å². The van der Waals surface area contributed by atoms with Crippen LogP contribution in [0.5, 0.6) is 0 Å². The van der Waals surface area contributed by atoms with Gasteiger partial charge in [-0.3, -0.25) is 14.2 Å². The molecule has 0 radical (unpaired) electrons. The fourth-order valence-corrected chi connectivity index (χ4v) is 1.86. The minimum atomic E-state index is -1.11. The van der Waals surface area contributed by atoms with Crippen LogP contribution < -0.4 is 11.2 Å². The second-order valence-corrected chi connectivity index (χ2v) is 4.57. The number of nitrogens with zero attached hydrogens (tertiary/aromatic N) is 1. The van der Waals surface area contributed by atoms with Crippen molar-refractivity contribution in [1.82, 2.24) is 9.55 Å². The number of carboxylic acid groups (broad SMARTS) is 1. The van der Waals surface area contributed by atoms with Crippen molar-refractivity contribution in [3.8, 4) is 0 Å². The Hall–Kier alpha value is -2.63. The van der Waals surface area contributed by atoms with Crippen molar-refractivity contribution in [3.05, 3.63) is 68.0 Å². The first-order valence-electron chi connectivity index (χ1n) is 6.06. The summed E-state index contributed by atoms with van der Waals surface area (Å²) in [5, 5.41) is 8.73. The summed E-state index contributed by atoms with van der Waals surface area (Å²) in [5.41, 5.74) is 0.816. The Kier molecular flexibility index (Phi) is 3.84. The zero-order valence-corrected chi connectivity index (χ0v) is 10.9. The lowest BCUT2D eigenvalue weighted by Crippen LogP contribution is -2.37. The smallest absolute Gasteiger partial charge is 0.328 e.